The molecule has 33 heavy (non-hydrogen) atoms. The summed E-state index contributed by atoms with van der Waals surface area (Å²) in [5.74, 6) is 0.576. The molecule has 0 atom stereocenters. The number of hydrogen-bond acceptors (Lipinski definition) is 5. The summed E-state index contributed by atoms with van der Waals surface area (Å²) in [4.78, 5) is 28.0. The maximum atomic E-state index is 13.2. The van der Waals surface area contributed by atoms with E-state index in [4.69, 9.17) is 20.9 Å². The first-order chi connectivity index (χ1) is 15.7. The molecule has 0 saturated heterocycles. The van der Waals surface area contributed by atoms with Crippen molar-refractivity contribution in [3.05, 3.63) is 58.8 Å². The third kappa shape index (κ3) is 4.33. The molecule has 2 amide bonds. The summed E-state index contributed by atoms with van der Waals surface area (Å²) in [7, 11) is 0. The van der Waals surface area contributed by atoms with Crippen LogP contribution in [0.3, 0.4) is 0 Å². The molecule has 0 saturated carbocycles. The second kappa shape index (κ2) is 8.90. The molecule has 7 nitrogen and oxygen atoms in total. The Morgan fingerprint density at radius 3 is 2.73 bits per heavy atom. The van der Waals surface area contributed by atoms with Gasteiger partial charge in [-0.15, -0.1) is 0 Å². The highest BCUT2D eigenvalue weighted by Crippen LogP contribution is 2.39. The molecule has 2 heterocycles. The Morgan fingerprint density at radius 2 is 2.00 bits per heavy atom. The molecule has 0 fully saturated rings. The van der Waals surface area contributed by atoms with Crippen molar-refractivity contribution < 1.29 is 18.8 Å². The second-order valence-corrected chi connectivity index (χ2v) is 9.12. The zero-order chi connectivity index (χ0) is 23.8. The van der Waals surface area contributed by atoms with Gasteiger partial charge in [-0.05, 0) is 45.4 Å². The molecule has 172 valence electrons. The van der Waals surface area contributed by atoms with Crippen molar-refractivity contribution >= 4 is 34.8 Å². The standard InChI is InChI=1S/C25H26ClN3O4/c1-5-12-29-19-11-10-16(13-20(19)32-14-25(3,4)24(29)31)27-23(30)21-15(2)33-28-22(21)17-8-6-7-9-18(17)26/h6-11,13H,5,12,14H2,1-4H3,(H,27,30). The fourth-order valence-corrected chi connectivity index (χ4v) is 4.07. The highest BCUT2D eigenvalue weighted by atomic mass is 35.5. The predicted molar refractivity (Wildman–Crippen MR) is 128 cm³/mol. The number of aryl methyl sites for hydroxylation is 1. The summed E-state index contributed by atoms with van der Waals surface area (Å²) in [6, 6.07) is 12.4. The summed E-state index contributed by atoms with van der Waals surface area (Å²) < 4.78 is 11.3. The summed E-state index contributed by atoms with van der Waals surface area (Å²) in [5, 5.41) is 7.43. The molecule has 8 heteroatoms. The van der Waals surface area contributed by atoms with Crippen LogP contribution in [-0.2, 0) is 4.79 Å². The predicted octanol–water partition coefficient (Wildman–Crippen LogP) is 5.72. The number of amides is 2. The monoisotopic (exact) mass is 467 g/mol. The minimum atomic E-state index is -0.652. The Hall–Kier alpha value is -3.32. The van der Waals surface area contributed by atoms with Crippen LogP contribution >= 0.6 is 11.6 Å². The van der Waals surface area contributed by atoms with E-state index < -0.39 is 5.41 Å². The smallest absolute Gasteiger partial charge is 0.261 e. The normalized spacial score (nSPS) is 14.9. The third-order valence-corrected chi connectivity index (χ3v) is 5.92. The Morgan fingerprint density at radius 1 is 1.24 bits per heavy atom. The van der Waals surface area contributed by atoms with Gasteiger partial charge in [0.25, 0.3) is 5.91 Å². The van der Waals surface area contributed by atoms with Gasteiger partial charge in [0.15, 0.2) is 0 Å². The fraction of sp³-hybridized carbons (Fsp3) is 0.320. The maximum Gasteiger partial charge on any atom is 0.261 e. The number of anilines is 2. The summed E-state index contributed by atoms with van der Waals surface area (Å²) in [6.07, 6.45) is 0.817. The number of halogens is 1. The average Bonchev–Trinajstić information content (AvgIpc) is 3.13. The topological polar surface area (TPSA) is 84.7 Å². The summed E-state index contributed by atoms with van der Waals surface area (Å²) >= 11 is 6.31. The first-order valence-electron chi connectivity index (χ1n) is 10.8. The van der Waals surface area contributed by atoms with E-state index in [9.17, 15) is 9.59 Å². The lowest BCUT2D eigenvalue weighted by Crippen LogP contribution is -2.42. The number of carbonyl (C=O) groups is 2. The van der Waals surface area contributed by atoms with Gasteiger partial charge in [-0.2, -0.15) is 0 Å². The van der Waals surface area contributed by atoms with E-state index in [1.807, 2.05) is 32.9 Å². The quantitative estimate of drug-likeness (QED) is 0.519. The number of rotatable bonds is 5. The number of hydrogen-bond donors (Lipinski definition) is 1. The van der Waals surface area contributed by atoms with Crippen molar-refractivity contribution in [2.24, 2.45) is 5.41 Å². The van der Waals surface area contributed by atoms with Gasteiger partial charge in [0.1, 0.15) is 29.4 Å². The lowest BCUT2D eigenvalue weighted by molar-refractivity contribution is -0.127. The van der Waals surface area contributed by atoms with E-state index in [1.165, 1.54) is 0 Å². The molecule has 1 N–H and O–H groups in total. The van der Waals surface area contributed by atoms with Crippen LogP contribution in [-0.4, -0.2) is 30.1 Å². The molecule has 1 aliphatic rings. The van der Waals surface area contributed by atoms with Gasteiger partial charge in [-0.25, -0.2) is 0 Å². The Balaban J connectivity index is 1.66. The number of nitrogens with zero attached hydrogens (tertiary/aromatic N) is 2. The molecular formula is C25H26ClN3O4. The van der Waals surface area contributed by atoms with E-state index in [1.54, 1.807) is 42.2 Å². The van der Waals surface area contributed by atoms with Gasteiger partial charge in [0.2, 0.25) is 5.91 Å². The lowest BCUT2D eigenvalue weighted by Gasteiger charge is -2.27. The van der Waals surface area contributed by atoms with Gasteiger partial charge < -0.3 is 19.5 Å². The van der Waals surface area contributed by atoms with Crippen LogP contribution in [0.2, 0.25) is 5.02 Å². The Bertz CT molecular complexity index is 1220. The average molecular weight is 468 g/mol. The first-order valence-corrected chi connectivity index (χ1v) is 11.2. The Kier molecular flexibility index (Phi) is 6.17. The SMILES string of the molecule is CCCN1C(=O)C(C)(C)COc2cc(NC(=O)c3c(-c4ccccc4Cl)noc3C)ccc21. The zero-order valence-corrected chi connectivity index (χ0v) is 19.8. The minimum absolute atomic E-state index is 0.0179. The van der Waals surface area contributed by atoms with Crippen LogP contribution in [0.5, 0.6) is 5.75 Å². The van der Waals surface area contributed by atoms with Gasteiger partial charge in [0, 0.05) is 23.9 Å². The van der Waals surface area contributed by atoms with Gasteiger partial charge >= 0.3 is 0 Å². The maximum absolute atomic E-state index is 13.2. The van der Waals surface area contributed by atoms with Crippen LogP contribution < -0.4 is 15.0 Å². The van der Waals surface area contributed by atoms with Crippen molar-refractivity contribution in [2.75, 3.05) is 23.4 Å². The number of nitrogens with one attached hydrogen (secondary N) is 1. The van der Waals surface area contributed by atoms with Crippen molar-refractivity contribution in [1.29, 1.82) is 0 Å². The van der Waals surface area contributed by atoms with Crippen LogP contribution in [0.15, 0.2) is 47.0 Å². The van der Waals surface area contributed by atoms with Crippen molar-refractivity contribution in [1.82, 2.24) is 5.16 Å². The molecule has 3 aromatic rings. The zero-order valence-electron chi connectivity index (χ0n) is 19.1. The van der Waals surface area contributed by atoms with E-state index in [0.29, 0.717) is 51.3 Å². The molecule has 0 spiro atoms. The molecule has 1 aliphatic heterocycles. The number of ether oxygens (including phenoxy) is 1. The number of carbonyl (C=O) groups excluding carboxylic acids is 2. The van der Waals surface area contributed by atoms with Crippen LogP contribution in [0.4, 0.5) is 11.4 Å². The number of benzene rings is 2. The van der Waals surface area contributed by atoms with Crippen LogP contribution in [0.1, 0.15) is 43.3 Å². The van der Waals surface area contributed by atoms with Crippen molar-refractivity contribution in [3.63, 3.8) is 0 Å². The highest BCUT2D eigenvalue weighted by molar-refractivity contribution is 6.33. The van der Waals surface area contributed by atoms with Crippen LogP contribution in [0, 0.1) is 12.3 Å². The molecule has 0 aliphatic carbocycles. The highest BCUT2D eigenvalue weighted by Gasteiger charge is 2.37. The largest absolute Gasteiger partial charge is 0.490 e. The lowest BCUT2D eigenvalue weighted by atomic mass is 9.93. The van der Waals surface area contributed by atoms with E-state index in [0.717, 1.165) is 6.42 Å². The van der Waals surface area contributed by atoms with Gasteiger partial charge in [-0.3, -0.25) is 9.59 Å². The molecule has 1 aromatic heterocycles. The first kappa shape index (κ1) is 22.9. The molecule has 4 rings (SSSR count). The van der Waals surface area contributed by atoms with Gasteiger partial charge in [-0.1, -0.05) is 41.9 Å². The summed E-state index contributed by atoms with van der Waals surface area (Å²) in [5.41, 5.74) is 1.88. The number of aromatic nitrogens is 1. The number of fused-ring (bicyclic) bond motifs is 1. The Labute approximate surface area is 197 Å². The minimum Gasteiger partial charge on any atom is -0.490 e. The molecule has 2 aromatic carbocycles. The van der Waals surface area contributed by atoms with Gasteiger partial charge in [0.05, 0.1) is 16.1 Å². The van der Waals surface area contributed by atoms with E-state index in [-0.39, 0.29) is 18.4 Å². The van der Waals surface area contributed by atoms with Crippen molar-refractivity contribution in [2.45, 2.75) is 34.1 Å². The van der Waals surface area contributed by atoms with Crippen LogP contribution in [0.25, 0.3) is 11.3 Å². The molecule has 0 unspecified atom stereocenters. The summed E-state index contributed by atoms with van der Waals surface area (Å²) in [6.45, 7) is 8.29. The van der Waals surface area contributed by atoms with E-state index >= 15 is 0 Å². The van der Waals surface area contributed by atoms with E-state index in [2.05, 4.69) is 10.5 Å². The molecule has 0 bridgehead atoms. The molecule has 0 radical (unpaired) electrons. The third-order valence-electron chi connectivity index (χ3n) is 5.59. The van der Waals surface area contributed by atoms with Crippen molar-refractivity contribution in [3.8, 4) is 17.0 Å². The second-order valence-electron chi connectivity index (χ2n) is 8.71. The fourth-order valence-electron chi connectivity index (χ4n) is 3.84. The molecular weight excluding hydrogens is 442 g/mol.